The quantitative estimate of drug-likeness (QED) is 0.912. The van der Waals surface area contributed by atoms with E-state index in [9.17, 15) is 4.79 Å². The van der Waals surface area contributed by atoms with Crippen molar-refractivity contribution in [3.63, 3.8) is 0 Å². The maximum atomic E-state index is 12.8. The van der Waals surface area contributed by atoms with Gasteiger partial charge >= 0.3 is 6.03 Å². The molecule has 7 nitrogen and oxygen atoms in total. The van der Waals surface area contributed by atoms with Crippen molar-refractivity contribution in [3.8, 4) is 17.4 Å². The number of carbonyl (C=O) groups excluding carboxylic acids is 1. The predicted octanol–water partition coefficient (Wildman–Crippen LogP) is 3.30. The molecule has 1 aromatic heterocycles. The van der Waals surface area contributed by atoms with Crippen molar-refractivity contribution in [2.75, 3.05) is 26.1 Å². The van der Waals surface area contributed by atoms with Gasteiger partial charge < -0.3 is 19.1 Å². The topological polar surface area (TPSA) is 72.9 Å². The number of urea groups is 1. The SMILES string of the molecule is COc1ccc2c(c1)OC(C)(C)CN(C(=O)Nc1cccc(OC)n1)C2. The van der Waals surface area contributed by atoms with Crippen molar-refractivity contribution in [3.05, 3.63) is 42.0 Å². The molecule has 0 aliphatic carbocycles. The standard InChI is InChI=1S/C19H23N3O4/c1-19(2)12-22(11-13-8-9-14(24-3)10-15(13)26-19)18(23)21-16-6-5-7-17(20-16)25-4/h5-10H,11-12H2,1-4H3,(H,20,21,23). The minimum atomic E-state index is -0.545. The first-order valence-corrected chi connectivity index (χ1v) is 8.33. The number of benzene rings is 1. The highest BCUT2D eigenvalue weighted by Crippen LogP contribution is 2.32. The van der Waals surface area contributed by atoms with E-state index in [0.717, 1.165) is 17.1 Å². The molecule has 1 aliphatic heterocycles. The zero-order valence-electron chi connectivity index (χ0n) is 15.4. The summed E-state index contributed by atoms with van der Waals surface area (Å²) in [6.45, 7) is 4.76. The smallest absolute Gasteiger partial charge is 0.323 e. The Labute approximate surface area is 152 Å². The van der Waals surface area contributed by atoms with Crippen LogP contribution in [0.25, 0.3) is 0 Å². The van der Waals surface area contributed by atoms with Crippen LogP contribution in [0.15, 0.2) is 36.4 Å². The summed E-state index contributed by atoms with van der Waals surface area (Å²) in [5, 5.41) is 2.82. The van der Waals surface area contributed by atoms with Gasteiger partial charge in [-0.15, -0.1) is 0 Å². The van der Waals surface area contributed by atoms with E-state index < -0.39 is 5.60 Å². The fourth-order valence-corrected chi connectivity index (χ4v) is 2.87. The number of pyridine rings is 1. The highest BCUT2D eigenvalue weighted by atomic mass is 16.5. The number of nitrogens with zero attached hydrogens (tertiary/aromatic N) is 2. The zero-order chi connectivity index (χ0) is 18.7. The third-order valence-electron chi connectivity index (χ3n) is 4.05. The van der Waals surface area contributed by atoms with E-state index in [2.05, 4.69) is 10.3 Å². The van der Waals surface area contributed by atoms with Crippen molar-refractivity contribution in [1.29, 1.82) is 0 Å². The monoisotopic (exact) mass is 357 g/mol. The molecular weight excluding hydrogens is 334 g/mol. The molecule has 0 fully saturated rings. The Kier molecular flexibility index (Phi) is 4.88. The van der Waals surface area contributed by atoms with Crippen molar-refractivity contribution in [2.45, 2.75) is 26.0 Å². The fourth-order valence-electron chi connectivity index (χ4n) is 2.87. The van der Waals surface area contributed by atoms with Crippen LogP contribution in [0.4, 0.5) is 10.6 Å². The molecule has 7 heteroatoms. The first-order valence-electron chi connectivity index (χ1n) is 8.33. The van der Waals surface area contributed by atoms with Crippen molar-refractivity contribution in [1.82, 2.24) is 9.88 Å². The Bertz CT molecular complexity index is 807. The van der Waals surface area contributed by atoms with E-state index in [4.69, 9.17) is 14.2 Å². The van der Waals surface area contributed by atoms with E-state index in [1.165, 1.54) is 7.11 Å². The third kappa shape index (κ3) is 3.99. The van der Waals surface area contributed by atoms with Crippen molar-refractivity contribution < 1.29 is 19.0 Å². The Morgan fingerprint density at radius 1 is 1.23 bits per heavy atom. The van der Waals surface area contributed by atoms with Crippen LogP contribution in [-0.2, 0) is 6.54 Å². The zero-order valence-corrected chi connectivity index (χ0v) is 15.4. The molecule has 2 heterocycles. The molecule has 26 heavy (non-hydrogen) atoms. The van der Waals surface area contributed by atoms with Crippen molar-refractivity contribution in [2.24, 2.45) is 0 Å². The number of nitrogens with one attached hydrogen (secondary N) is 1. The number of rotatable bonds is 3. The molecule has 1 N–H and O–H groups in total. The molecule has 0 bridgehead atoms. The molecule has 0 unspecified atom stereocenters. The summed E-state index contributed by atoms with van der Waals surface area (Å²) in [7, 11) is 3.15. The fraction of sp³-hybridized carbons (Fsp3) is 0.368. The number of hydrogen-bond acceptors (Lipinski definition) is 5. The van der Waals surface area contributed by atoms with E-state index in [1.54, 1.807) is 30.2 Å². The molecular formula is C19H23N3O4. The number of hydrogen-bond donors (Lipinski definition) is 1. The van der Waals surface area contributed by atoms with E-state index in [0.29, 0.717) is 24.8 Å². The first kappa shape index (κ1) is 17.8. The number of methoxy groups -OCH3 is 2. The normalized spacial score (nSPS) is 15.3. The van der Waals surface area contributed by atoms with Crippen molar-refractivity contribution >= 4 is 11.8 Å². The van der Waals surface area contributed by atoms with Gasteiger partial charge in [-0.1, -0.05) is 6.07 Å². The van der Waals surface area contributed by atoms with Gasteiger partial charge in [-0.25, -0.2) is 4.79 Å². The van der Waals surface area contributed by atoms with Gasteiger partial charge in [0.15, 0.2) is 0 Å². The average molecular weight is 357 g/mol. The largest absolute Gasteiger partial charge is 0.497 e. The lowest BCUT2D eigenvalue weighted by molar-refractivity contribution is 0.0833. The van der Waals surface area contributed by atoms with E-state index >= 15 is 0 Å². The molecule has 1 aromatic carbocycles. The molecule has 0 spiro atoms. The lowest BCUT2D eigenvalue weighted by Gasteiger charge is -2.29. The number of fused-ring (bicyclic) bond motifs is 1. The average Bonchev–Trinajstić information content (AvgIpc) is 2.75. The minimum Gasteiger partial charge on any atom is -0.497 e. The lowest BCUT2D eigenvalue weighted by atomic mass is 10.1. The molecule has 0 atom stereocenters. The van der Waals surface area contributed by atoms with Gasteiger partial charge in [-0.05, 0) is 32.0 Å². The van der Waals surface area contributed by atoms with Crippen LogP contribution in [0, 0.1) is 0 Å². The summed E-state index contributed by atoms with van der Waals surface area (Å²) >= 11 is 0. The number of carbonyl (C=O) groups is 1. The van der Waals surface area contributed by atoms with Gasteiger partial charge in [-0.3, -0.25) is 5.32 Å². The van der Waals surface area contributed by atoms with Crippen LogP contribution >= 0.6 is 0 Å². The number of aromatic nitrogens is 1. The van der Waals surface area contributed by atoms with Crippen LogP contribution in [-0.4, -0.2) is 42.3 Å². The summed E-state index contributed by atoms with van der Waals surface area (Å²) in [5.41, 5.74) is 0.377. The highest BCUT2D eigenvalue weighted by Gasteiger charge is 2.32. The molecule has 0 saturated carbocycles. The molecule has 138 valence electrons. The van der Waals surface area contributed by atoms with Crippen LogP contribution < -0.4 is 19.5 Å². The predicted molar refractivity (Wildman–Crippen MR) is 97.9 cm³/mol. The van der Waals surface area contributed by atoms with Crippen LogP contribution in [0.2, 0.25) is 0 Å². The highest BCUT2D eigenvalue weighted by molar-refractivity contribution is 5.88. The van der Waals surface area contributed by atoms with E-state index in [1.807, 2.05) is 32.0 Å². The Morgan fingerprint density at radius 2 is 2.04 bits per heavy atom. The van der Waals surface area contributed by atoms with Gasteiger partial charge in [0, 0.05) is 17.7 Å². The summed E-state index contributed by atoms with van der Waals surface area (Å²) < 4.78 is 16.5. The molecule has 0 saturated heterocycles. The summed E-state index contributed by atoms with van der Waals surface area (Å²) in [4.78, 5) is 18.7. The lowest BCUT2D eigenvalue weighted by Crippen LogP contribution is -2.44. The summed E-state index contributed by atoms with van der Waals surface area (Å²) in [5.74, 6) is 2.33. The Morgan fingerprint density at radius 3 is 2.77 bits per heavy atom. The maximum absolute atomic E-state index is 12.8. The van der Waals surface area contributed by atoms with Gasteiger partial charge in [0.2, 0.25) is 5.88 Å². The van der Waals surface area contributed by atoms with Crippen LogP contribution in [0.1, 0.15) is 19.4 Å². The number of ether oxygens (including phenoxy) is 3. The Balaban J connectivity index is 1.83. The molecule has 2 amide bonds. The second-order valence-corrected chi connectivity index (χ2v) is 6.69. The van der Waals surface area contributed by atoms with Gasteiger partial charge in [0.25, 0.3) is 0 Å². The van der Waals surface area contributed by atoms with Gasteiger partial charge in [0.05, 0.1) is 27.3 Å². The summed E-state index contributed by atoms with van der Waals surface area (Å²) in [6.07, 6.45) is 0. The van der Waals surface area contributed by atoms with Gasteiger partial charge in [0.1, 0.15) is 22.9 Å². The summed E-state index contributed by atoms with van der Waals surface area (Å²) in [6, 6.07) is 10.6. The van der Waals surface area contributed by atoms with Crippen LogP contribution in [0.3, 0.4) is 0 Å². The maximum Gasteiger partial charge on any atom is 0.323 e. The third-order valence-corrected chi connectivity index (χ3v) is 4.05. The molecule has 1 aliphatic rings. The van der Waals surface area contributed by atoms with Gasteiger partial charge in [-0.2, -0.15) is 4.98 Å². The second kappa shape index (κ2) is 7.11. The number of anilines is 1. The second-order valence-electron chi connectivity index (χ2n) is 6.69. The molecule has 0 radical (unpaired) electrons. The number of amides is 2. The Hall–Kier alpha value is -2.96. The van der Waals surface area contributed by atoms with E-state index in [-0.39, 0.29) is 6.03 Å². The van der Waals surface area contributed by atoms with Crippen LogP contribution in [0.5, 0.6) is 17.4 Å². The minimum absolute atomic E-state index is 0.244. The molecule has 2 aromatic rings. The first-order chi connectivity index (χ1) is 12.4. The molecule has 3 rings (SSSR count).